The fourth-order valence-electron chi connectivity index (χ4n) is 0.763. The molecule has 0 amide bonds. The maximum absolute atomic E-state index is 3.78. The minimum absolute atomic E-state index is 0. The molecular formula is C10H23NZn. The Labute approximate surface area is 91.7 Å². The smallest absolute Gasteiger partial charge is 0.342 e. The molecule has 1 nitrogen and oxygen atoms in total. The first-order chi connectivity index (χ1) is 5.26. The summed E-state index contributed by atoms with van der Waals surface area (Å²) in [5.41, 5.74) is 0. The Balaban J connectivity index is -0.000000177. The summed E-state index contributed by atoms with van der Waals surface area (Å²) in [5, 5.41) is 0. The van der Waals surface area contributed by atoms with E-state index in [1.54, 1.807) is 0 Å². The van der Waals surface area contributed by atoms with Crippen molar-refractivity contribution in [2.45, 2.75) is 34.1 Å². The van der Waals surface area contributed by atoms with Gasteiger partial charge in [0.05, 0.1) is 0 Å². The molecule has 0 aliphatic rings. The van der Waals surface area contributed by atoms with Crippen LogP contribution in [0.2, 0.25) is 0 Å². The van der Waals surface area contributed by atoms with Crippen molar-refractivity contribution in [3.05, 3.63) is 13.3 Å². The van der Waals surface area contributed by atoms with Crippen LogP contribution in [0.15, 0.2) is 0 Å². The van der Waals surface area contributed by atoms with Crippen LogP contribution in [0.25, 0.3) is 0 Å². The molecule has 0 fully saturated rings. The molecule has 0 aliphatic heterocycles. The van der Waals surface area contributed by atoms with Crippen molar-refractivity contribution in [1.82, 2.24) is 4.90 Å². The predicted molar refractivity (Wildman–Crippen MR) is 53.4 cm³/mol. The van der Waals surface area contributed by atoms with Gasteiger partial charge in [0.25, 0.3) is 0 Å². The fraction of sp³-hybridized carbons (Fsp3) is 0.800. The second-order valence-corrected chi connectivity index (χ2v) is 2.46. The van der Waals surface area contributed by atoms with Crippen LogP contribution in [-0.2, 0) is 19.5 Å². The van der Waals surface area contributed by atoms with Gasteiger partial charge in [-0.1, -0.05) is 13.8 Å². The van der Waals surface area contributed by atoms with E-state index >= 15 is 0 Å². The van der Waals surface area contributed by atoms with E-state index in [1.165, 1.54) is 0 Å². The van der Waals surface area contributed by atoms with Crippen LogP contribution in [0.5, 0.6) is 0 Å². The molecule has 0 rings (SSSR count). The average molecular weight is 223 g/mol. The molecule has 0 N–H and O–H groups in total. The van der Waals surface area contributed by atoms with Crippen LogP contribution in [0.4, 0.5) is 0 Å². The van der Waals surface area contributed by atoms with E-state index in [4.69, 9.17) is 0 Å². The normalized spacial score (nSPS) is 8.50. The van der Waals surface area contributed by atoms with Gasteiger partial charge in [-0.25, -0.2) is 0 Å². The molecule has 0 aromatic rings. The molecule has 0 aromatic carbocycles. The molecule has 2 heteroatoms. The summed E-state index contributed by atoms with van der Waals surface area (Å²) in [6.07, 6.45) is 3.03. The average Bonchev–Trinajstić information content (AvgIpc) is 2.02. The maximum atomic E-state index is 3.78. The van der Waals surface area contributed by atoms with Crippen LogP contribution >= 0.6 is 0 Å². The molecule has 0 unspecified atom stereocenters. The van der Waals surface area contributed by atoms with Gasteiger partial charge in [0.2, 0.25) is 0 Å². The fourth-order valence-corrected chi connectivity index (χ4v) is 0.763. The molecular weight excluding hydrogens is 200 g/mol. The van der Waals surface area contributed by atoms with Gasteiger partial charge in [-0.05, 0) is 19.6 Å². The van der Waals surface area contributed by atoms with Crippen molar-refractivity contribution in [2.75, 3.05) is 19.6 Å². The minimum Gasteiger partial charge on any atom is -0.342 e. The number of hydrogen-bond acceptors (Lipinski definition) is 1. The van der Waals surface area contributed by atoms with Crippen molar-refractivity contribution in [3.8, 4) is 0 Å². The SMILES string of the molecule is C[CH-]C.[CH2-]CCN(CC)CC.[Zn+2]. The predicted octanol–water partition coefficient (Wildman–Crippen LogP) is 2.78. The third-order valence-electron chi connectivity index (χ3n) is 1.37. The maximum Gasteiger partial charge on any atom is 2.00 e. The Morgan fingerprint density at radius 1 is 1.17 bits per heavy atom. The van der Waals surface area contributed by atoms with E-state index in [2.05, 4.69) is 25.7 Å². The molecule has 0 bridgehead atoms. The summed E-state index contributed by atoms with van der Waals surface area (Å²) in [5.74, 6) is 0. The van der Waals surface area contributed by atoms with Gasteiger partial charge in [-0.3, -0.25) is 0 Å². The van der Waals surface area contributed by atoms with Crippen LogP contribution in [0.3, 0.4) is 0 Å². The van der Waals surface area contributed by atoms with E-state index in [0.717, 1.165) is 26.1 Å². The molecule has 0 aromatic heterocycles. The molecule has 0 saturated heterocycles. The van der Waals surface area contributed by atoms with Crippen molar-refractivity contribution >= 4 is 0 Å². The van der Waals surface area contributed by atoms with E-state index in [9.17, 15) is 0 Å². The molecule has 0 saturated carbocycles. The summed E-state index contributed by atoms with van der Waals surface area (Å²) in [4.78, 5) is 2.37. The van der Waals surface area contributed by atoms with E-state index in [0.29, 0.717) is 0 Å². The Morgan fingerprint density at radius 2 is 1.50 bits per heavy atom. The van der Waals surface area contributed by atoms with Crippen molar-refractivity contribution < 1.29 is 19.5 Å². The monoisotopic (exact) mass is 221 g/mol. The van der Waals surface area contributed by atoms with Crippen LogP contribution in [0, 0.1) is 13.3 Å². The summed E-state index contributed by atoms with van der Waals surface area (Å²) < 4.78 is 0. The van der Waals surface area contributed by atoms with Gasteiger partial charge in [0.1, 0.15) is 0 Å². The van der Waals surface area contributed by atoms with E-state index in [-0.39, 0.29) is 19.5 Å². The largest absolute Gasteiger partial charge is 2.00 e. The quantitative estimate of drug-likeness (QED) is 0.522. The van der Waals surface area contributed by atoms with Gasteiger partial charge >= 0.3 is 19.5 Å². The molecule has 70 valence electrons. The second-order valence-electron chi connectivity index (χ2n) is 2.46. The molecule has 0 spiro atoms. The van der Waals surface area contributed by atoms with E-state index < -0.39 is 0 Å². The summed E-state index contributed by atoms with van der Waals surface area (Å²) in [6, 6.07) is 0. The third kappa shape index (κ3) is 16.9. The minimum atomic E-state index is 0. The molecule has 12 heavy (non-hydrogen) atoms. The van der Waals surface area contributed by atoms with Gasteiger partial charge < -0.3 is 18.2 Å². The number of rotatable bonds is 4. The first kappa shape index (κ1) is 18.4. The Hall–Kier alpha value is 0.583. The van der Waals surface area contributed by atoms with Crippen LogP contribution < -0.4 is 0 Å². The van der Waals surface area contributed by atoms with Crippen molar-refractivity contribution in [2.24, 2.45) is 0 Å². The molecule has 0 aliphatic carbocycles. The van der Waals surface area contributed by atoms with E-state index in [1.807, 2.05) is 20.3 Å². The number of nitrogens with zero attached hydrogens (tertiary/aromatic N) is 1. The van der Waals surface area contributed by atoms with Gasteiger partial charge in [0, 0.05) is 0 Å². The van der Waals surface area contributed by atoms with Crippen LogP contribution in [0.1, 0.15) is 34.1 Å². The van der Waals surface area contributed by atoms with Crippen LogP contribution in [-0.4, -0.2) is 24.5 Å². The molecule has 0 radical (unpaired) electrons. The number of hydrogen-bond donors (Lipinski definition) is 0. The second kappa shape index (κ2) is 17.6. The Bertz CT molecular complexity index is 53.8. The summed E-state index contributed by atoms with van der Waals surface area (Å²) in [6.45, 7) is 15.6. The third-order valence-corrected chi connectivity index (χ3v) is 1.37. The van der Waals surface area contributed by atoms with Gasteiger partial charge in [0.15, 0.2) is 0 Å². The first-order valence-electron chi connectivity index (χ1n) is 4.52. The molecule has 0 heterocycles. The zero-order chi connectivity index (χ0) is 9.11. The van der Waals surface area contributed by atoms with Crippen molar-refractivity contribution in [1.29, 1.82) is 0 Å². The Kier molecular flexibility index (Phi) is 27.0. The topological polar surface area (TPSA) is 3.24 Å². The zero-order valence-corrected chi connectivity index (χ0v) is 12.2. The molecule has 0 atom stereocenters. The van der Waals surface area contributed by atoms with Gasteiger partial charge in [-0.15, -0.1) is 0 Å². The summed E-state index contributed by atoms with van der Waals surface area (Å²) in [7, 11) is 0. The van der Waals surface area contributed by atoms with Crippen molar-refractivity contribution in [3.63, 3.8) is 0 Å². The summed E-state index contributed by atoms with van der Waals surface area (Å²) >= 11 is 0. The standard InChI is InChI=1S/C7H16N.C3H7.Zn/c1-4-7-8(5-2)6-3;1-3-2;/h1,4-7H2,2-3H3;3H,1-2H3;/q2*-1;+2. The first-order valence-corrected chi connectivity index (χ1v) is 4.52. The zero-order valence-electron chi connectivity index (χ0n) is 9.27. The van der Waals surface area contributed by atoms with Gasteiger partial charge in [-0.2, -0.15) is 20.3 Å². The Morgan fingerprint density at radius 3 is 1.58 bits per heavy atom.